The number of hydrogen-bond donors (Lipinski definition) is 1. The number of likely N-dealkylation sites (N-methyl/N-ethyl adjacent to an activating group) is 1. The van der Waals surface area contributed by atoms with Crippen molar-refractivity contribution in [2.75, 3.05) is 25.5 Å². The second kappa shape index (κ2) is 6.85. The molecule has 0 aliphatic carbocycles. The number of aromatic nitrogens is 2. The van der Waals surface area contributed by atoms with Gasteiger partial charge >= 0.3 is 0 Å². The van der Waals surface area contributed by atoms with Gasteiger partial charge in [0.25, 0.3) is 0 Å². The fourth-order valence-electron chi connectivity index (χ4n) is 3.15. The van der Waals surface area contributed by atoms with Crippen LogP contribution in [0, 0.1) is 13.8 Å². The molecular weight excluding hydrogens is 308 g/mol. The number of nitrogens with one attached hydrogen (secondary N) is 1. The molecule has 0 amide bonds. The molecule has 3 rings (SSSR count). The normalized spacial score (nSPS) is 18.9. The van der Waals surface area contributed by atoms with E-state index in [0.29, 0.717) is 6.04 Å². The van der Waals surface area contributed by atoms with Gasteiger partial charge in [0.1, 0.15) is 0 Å². The van der Waals surface area contributed by atoms with Crippen molar-refractivity contribution in [3.05, 3.63) is 40.4 Å². The largest absolute Gasteiger partial charge is 0.364 e. The lowest BCUT2D eigenvalue weighted by molar-refractivity contribution is 0.260. The molecule has 1 aliphatic heterocycles. The van der Waals surface area contributed by atoms with Gasteiger partial charge in [-0.05, 0) is 69.6 Å². The van der Waals surface area contributed by atoms with Crippen LogP contribution in [0.1, 0.15) is 24.0 Å². The van der Waals surface area contributed by atoms with E-state index in [9.17, 15) is 0 Å². The molecule has 1 aliphatic rings. The van der Waals surface area contributed by atoms with Crippen LogP contribution in [0.4, 0.5) is 5.82 Å². The summed E-state index contributed by atoms with van der Waals surface area (Å²) in [5.41, 5.74) is 4.20. The summed E-state index contributed by atoms with van der Waals surface area (Å²) >= 11 is 6.03. The Kier molecular flexibility index (Phi) is 4.83. The molecule has 0 unspecified atom stereocenters. The molecule has 0 radical (unpaired) electrons. The molecule has 1 atom stereocenters. The maximum Gasteiger partial charge on any atom is 0.151 e. The zero-order valence-corrected chi connectivity index (χ0v) is 14.7. The van der Waals surface area contributed by atoms with E-state index >= 15 is 0 Å². The van der Waals surface area contributed by atoms with Crippen LogP contribution in [0.5, 0.6) is 0 Å². The van der Waals surface area contributed by atoms with Crippen LogP contribution in [-0.4, -0.2) is 41.3 Å². The average Bonchev–Trinajstić information content (AvgIpc) is 2.49. The molecule has 1 fully saturated rings. The number of anilines is 1. The van der Waals surface area contributed by atoms with Gasteiger partial charge in [-0.2, -0.15) is 0 Å². The molecule has 2 aromatic rings. The van der Waals surface area contributed by atoms with Crippen molar-refractivity contribution in [1.29, 1.82) is 0 Å². The number of likely N-dealkylation sites (tertiary alicyclic amines) is 1. The Bertz CT molecular complexity index is 701. The molecule has 1 aromatic carbocycles. The van der Waals surface area contributed by atoms with Crippen LogP contribution in [0.2, 0.25) is 5.02 Å². The third kappa shape index (κ3) is 3.82. The molecule has 0 saturated carbocycles. The molecule has 4 nitrogen and oxygen atoms in total. The molecule has 23 heavy (non-hydrogen) atoms. The summed E-state index contributed by atoms with van der Waals surface area (Å²) in [6, 6.07) is 8.40. The van der Waals surface area contributed by atoms with Gasteiger partial charge in [-0.25, -0.2) is 0 Å². The molecule has 5 heteroatoms. The van der Waals surface area contributed by atoms with Crippen LogP contribution >= 0.6 is 11.6 Å². The van der Waals surface area contributed by atoms with Gasteiger partial charge in [0.05, 0.1) is 5.69 Å². The molecule has 122 valence electrons. The van der Waals surface area contributed by atoms with Crippen LogP contribution in [0.15, 0.2) is 24.3 Å². The Balaban J connectivity index is 1.80. The summed E-state index contributed by atoms with van der Waals surface area (Å²) in [6.07, 6.45) is 2.41. The van der Waals surface area contributed by atoms with Crippen molar-refractivity contribution in [2.45, 2.75) is 32.7 Å². The average molecular weight is 331 g/mol. The predicted molar refractivity (Wildman–Crippen MR) is 96.1 cm³/mol. The SMILES string of the molecule is Cc1cc(Cl)ccc1-c1cc(C)c(N[C@@H]2CCCN(C)C2)nn1. The van der Waals surface area contributed by atoms with Crippen LogP contribution < -0.4 is 5.32 Å². The van der Waals surface area contributed by atoms with E-state index in [0.717, 1.165) is 39.8 Å². The van der Waals surface area contributed by atoms with Crippen molar-refractivity contribution in [3.63, 3.8) is 0 Å². The summed E-state index contributed by atoms with van der Waals surface area (Å²) in [4.78, 5) is 2.36. The Morgan fingerprint density at radius 1 is 1.17 bits per heavy atom. The number of rotatable bonds is 3. The van der Waals surface area contributed by atoms with Gasteiger partial charge in [-0.15, -0.1) is 10.2 Å². The van der Waals surface area contributed by atoms with Crippen molar-refractivity contribution < 1.29 is 0 Å². The van der Waals surface area contributed by atoms with E-state index in [-0.39, 0.29) is 0 Å². The molecular formula is C18H23ClN4. The number of nitrogens with zero attached hydrogens (tertiary/aromatic N) is 3. The minimum atomic E-state index is 0.449. The zero-order chi connectivity index (χ0) is 16.4. The van der Waals surface area contributed by atoms with E-state index in [1.807, 2.05) is 25.1 Å². The lowest BCUT2D eigenvalue weighted by Gasteiger charge is -2.30. The van der Waals surface area contributed by atoms with Crippen LogP contribution in [0.25, 0.3) is 11.3 Å². The van der Waals surface area contributed by atoms with Gasteiger partial charge in [-0.1, -0.05) is 17.7 Å². The highest BCUT2D eigenvalue weighted by Crippen LogP contribution is 2.26. The lowest BCUT2D eigenvalue weighted by Crippen LogP contribution is -2.40. The maximum atomic E-state index is 6.03. The minimum Gasteiger partial charge on any atom is -0.364 e. The standard InChI is InChI=1S/C18H23ClN4/c1-12-9-14(19)6-7-16(12)17-10-13(2)18(22-21-17)20-15-5-4-8-23(3)11-15/h6-7,9-10,15H,4-5,8,11H2,1-3H3,(H,20,22)/t15-/m1/s1. The first-order valence-corrected chi connectivity index (χ1v) is 8.46. The third-order valence-corrected chi connectivity index (χ3v) is 4.65. The summed E-state index contributed by atoms with van der Waals surface area (Å²) in [7, 11) is 2.17. The fourth-order valence-corrected chi connectivity index (χ4v) is 3.38. The molecule has 0 bridgehead atoms. The van der Waals surface area contributed by atoms with Gasteiger partial charge in [0.2, 0.25) is 0 Å². The van der Waals surface area contributed by atoms with E-state index in [1.165, 1.54) is 19.4 Å². The first-order valence-electron chi connectivity index (χ1n) is 8.09. The summed E-state index contributed by atoms with van der Waals surface area (Å²) in [5.74, 6) is 0.890. The molecule has 2 heterocycles. The minimum absolute atomic E-state index is 0.449. The summed E-state index contributed by atoms with van der Waals surface area (Å²) in [5, 5.41) is 13.1. The number of benzene rings is 1. The van der Waals surface area contributed by atoms with Crippen LogP contribution in [0.3, 0.4) is 0 Å². The van der Waals surface area contributed by atoms with Crippen molar-refractivity contribution >= 4 is 17.4 Å². The van der Waals surface area contributed by atoms with E-state index in [2.05, 4.69) is 40.5 Å². The highest BCUT2D eigenvalue weighted by atomic mass is 35.5. The van der Waals surface area contributed by atoms with Gasteiger partial charge in [-0.3, -0.25) is 0 Å². The maximum absolute atomic E-state index is 6.03. The van der Waals surface area contributed by atoms with Gasteiger partial charge < -0.3 is 10.2 Å². The van der Waals surface area contributed by atoms with E-state index < -0.39 is 0 Å². The third-order valence-electron chi connectivity index (χ3n) is 4.41. The fraction of sp³-hybridized carbons (Fsp3) is 0.444. The second-order valence-electron chi connectivity index (χ2n) is 6.47. The molecule has 1 aromatic heterocycles. The quantitative estimate of drug-likeness (QED) is 0.926. The first-order chi connectivity index (χ1) is 11.0. The number of hydrogen-bond acceptors (Lipinski definition) is 4. The monoisotopic (exact) mass is 330 g/mol. The molecule has 0 spiro atoms. The van der Waals surface area contributed by atoms with E-state index in [1.54, 1.807) is 0 Å². The number of halogens is 1. The number of piperidine rings is 1. The van der Waals surface area contributed by atoms with Crippen LogP contribution in [-0.2, 0) is 0 Å². The smallest absolute Gasteiger partial charge is 0.151 e. The zero-order valence-electron chi connectivity index (χ0n) is 13.9. The molecule has 1 saturated heterocycles. The Hall–Kier alpha value is -1.65. The van der Waals surface area contributed by atoms with Gasteiger partial charge in [0.15, 0.2) is 5.82 Å². The first kappa shape index (κ1) is 16.2. The number of aryl methyl sites for hydroxylation is 2. The topological polar surface area (TPSA) is 41.0 Å². The van der Waals surface area contributed by atoms with E-state index in [4.69, 9.17) is 11.6 Å². The van der Waals surface area contributed by atoms with Crippen molar-refractivity contribution in [1.82, 2.24) is 15.1 Å². The highest BCUT2D eigenvalue weighted by molar-refractivity contribution is 6.30. The molecule has 1 N–H and O–H groups in total. The highest BCUT2D eigenvalue weighted by Gasteiger charge is 2.18. The van der Waals surface area contributed by atoms with Crippen molar-refractivity contribution in [2.24, 2.45) is 0 Å². The predicted octanol–water partition coefficient (Wildman–Crippen LogP) is 3.92. The summed E-state index contributed by atoms with van der Waals surface area (Å²) < 4.78 is 0. The Morgan fingerprint density at radius 2 is 2.00 bits per heavy atom. The Labute approximate surface area is 142 Å². The Morgan fingerprint density at radius 3 is 2.70 bits per heavy atom. The lowest BCUT2D eigenvalue weighted by atomic mass is 10.0. The summed E-state index contributed by atoms with van der Waals surface area (Å²) in [6.45, 7) is 6.36. The second-order valence-corrected chi connectivity index (χ2v) is 6.90. The van der Waals surface area contributed by atoms with Crippen molar-refractivity contribution in [3.8, 4) is 11.3 Å². The van der Waals surface area contributed by atoms with Gasteiger partial charge in [0, 0.05) is 23.2 Å².